The lowest BCUT2D eigenvalue weighted by Gasteiger charge is -2.30. The summed E-state index contributed by atoms with van der Waals surface area (Å²) in [7, 11) is 4.72. The molecule has 0 aliphatic carbocycles. The topological polar surface area (TPSA) is 40.5 Å². The highest BCUT2D eigenvalue weighted by Gasteiger charge is 2.14. The van der Waals surface area contributed by atoms with E-state index in [0.717, 1.165) is 11.0 Å². The van der Waals surface area contributed by atoms with Crippen molar-refractivity contribution in [2.45, 2.75) is 77.7 Å². The Hall–Kier alpha value is -0.610. The summed E-state index contributed by atoms with van der Waals surface area (Å²) in [6.45, 7) is 4.74. The largest absolute Gasteiger partial charge is 1.00 e. The molecule has 0 aromatic heterocycles. The van der Waals surface area contributed by atoms with Gasteiger partial charge in [0.1, 0.15) is 6.54 Å². The molecule has 1 rings (SSSR count). The van der Waals surface area contributed by atoms with Crippen LogP contribution in [-0.4, -0.2) is 35.6 Å². The first kappa shape index (κ1) is 26.6. The molecule has 0 fully saturated rings. The summed E-state index contributed by atoms with van der Waals surface area (Å²) in [6, 6.07) is 10.9. The Kier molecular flexibility index (Phi) is 19.4. The Labute approximate surface area is 162 Å². The number of unbranched alkanes of at least 4 members (excludes halogenated alkanes) is 9. The van der Waals surface area contributed by atoms with E-state index in [1.807, 2.05) is 0 Å². The first-order chi connectivity index (χ1) is 11.6. The predicted molar refractivity (Wildman–Crippen MR) is 104 cm³/mol. The quantitative estimate of drug-likeness (QED) is 0.241. The lowest BCUT2D eigenvalue weighted by molar-refractivity contribution is -0.903. The molecule has 0 unspecified atom stereocenters. The van der Waals surface area contributed by atoms with Gasteiger partial charge in [-0.05, 0) is 12.8 Å². The molecule has 0 spiro atoms. The first-order valence-electron chi connectivity index (χ1n) is 9.70. The van der Waals surface area contributed by atoms with E-state index >= 15 is 0 Å². The van der Waals surface area contributed by atoms with Gasteiger partial charge in [-0.2, -0.15) is 0 Å². The molecule has 4 heteroatoms. The van der Waals surface area contributed by atoms with Gasteiger partial charge in [-0.1, -0.05) is 88.6 Å². The van der Waals surface area contributed by atoms with Gasteiger partial charge in [0.25, 0.3) is 0 Å². The number of nitrogens with zero attached hydrogens (tertiary/aromatic N) is 1. The molecule has 0 saturated heterocycles. The third kappa shape index (κ3) is 16.6. The van der Waals surface area contributed by atoms with Gasteiger partial charge in [0.15, 0.2) is 0 Å². The molecular formula is C21H40ClNO2. The van der Waals surface area contributed by atoms with Gasteiger partial charge in [-0.25, -0.2) is 0 Å². The zero-order valence-electron chi connectivity index (χ0n) is 16.6. The van der Waals surface area contributed by atoms with Crippen LogP contribution in [-0.2, 0) is 6.54 Å². The Balaban J connectivity index is 0. The maximum Gasteiger partial charge on any atom is 0.104 e. The molecule has 0 aliphatic heterocycles. The lowest BCUT2D eigenvalue weighted by Crippen LogP contribution is -3.00. The Morgan fingerprint density at radius 3 is 1.64 bits per heavy atom. The van der Waals surface area contributed by atoms with Crippen molar-refractivity contribution in [2.75, 3.05) is 20.6 Å². The molecule has 0 bridgehead atoms. The molecule has 1 aromatic carbocycles. The number of hydrogen-bond donors (Lipinski definition) is 2. The van der Waals surface area contributed by atoms with E-state index < -0.39 is 0 Å². The number of rotatable bonds is 13. The van der Waals surface area contributed by atoms with E-state index in [-0.39, 0.29) is 12.4 Å². The summed E-state index contributed by atoms with van der Waals surface area (Å²) in [4.78, 5) is 0. The van der Waals surface area contributed by atoms with Crippen LogP contribution in [0.5, 0.6) is 0 Å². The van der Waals surface area contributed by atoms with Crippen molar-refractivity contribution < 1.29 is 27.4 Å². The molecule has 0 aliphatic rings. The Morgan fingerprint density at radius 2 is 1.16 bits per heavy atom. The van der Waals surface area contributed by atoms with Gasteiger partial charge in [-0.3, -0.25) is 10.5 Å². The normalized spacial score (nSPS) is 10.6. The zero-order chi connectivity index (χ0) is 18.1. The minimum atomic E-state index is 0. The van der Waals surface area contributed by atoms with Crippen LogP contribution >= 0.6 is 0 Å². The molecule has 0 amide bonds. The van der Waals surface area contributed by atoms with Gasteiger partial charge in [0.05, 0.1) is 20.6 Å². The predicted octanol–water partition coefficient (Wildman–Crippen LogP) is 3.21. The van der Waals surface area contributed by atoms with Gasteiger partial charge in [0, 0.05) is 5.56 Å². The van der Waals surface area contributed by atoms with Crippen LogP contribution < -0.4 is 12.4 Å². The highest BCUT2D eigenvalue weighted by atomic mass is 35.5. The summed E-state index contributed by atoms with van der Waals surface area (Å²) in [6.07, 6.45) is 14.2. The maximum absolute atomic E-state index is 6.00. The van der Waals surface area contributed by atoms with E-state index in [1.165, 1.54) is 76.3 Å². The van der Waals surface area contributed by atoms with Crippen molar-refractivity contribution in [1.82, 2.24) is 0 Å². The molecule has 1 aromatic rings. The highest BCUT2D eigenvalue weighted by Crippen LogP contribution is 2.13. The first-order valence-corrected chi connectivity index (χ1v) is 9.70. The van der Waals surface area contributed by atoms with Crippen LogP contribution in [0.4, 0.5) is 0 Å². The van der Waals surface area contributed by atoms with E-state index in [0.29, 0.717) is 0 Å². The second-order valence-electron chi connectivity index (χ2n) is 7.49. The fourth-order valence-electron chi connectivity index (χ4n) is 3.18. The molecule has 2 N–H and O–H groups in total. The van der Waals surface area contributed by atoms with E-state index in [4.69, 9.17) is 10.5 Å². The summed E-state index contributed by atoms with van der Waals surface area (Å²) in [5, 5.41) is 12.0. The fraction of sp³-hybridized carbons (Fsp3) is 0.714. The van der Waals surface area contributed by atoms with Crippen LogP contribution in [0.25, 0.3) is 0 Å². The van der Waals surface area contributed by atoms with Crippen molar-refractivity contribution in [1.29, 1.82) is 0 Å². The second kappa shape index (κ2) is 18.2. The molecule has 0 saturated carbocycles. The SMILES string of the molecule is CCCCCCCCCCCC[N+](C)(C)Cc1ccccc1.OO.[Cl-]. The Morgan fingerprint density at radius 1 is 0.720 bits per heavy atom. The van der Waals surface area contributed by atoms with Crippen molar-refractivity contribution in [2.24, 2.45) is 0 Å². The number of hydrogen-bond acceptors (Lipinski definition) is 2. The average Bonchev–Trinajstić information content (AvgIpc) is 2.59. The summed E-state index contributed by atoms with van der Waals surface area (Å²) < 4.78 is 1.11. The van der Waals surface area contributed by atoms with Gasteiger partial charge >= 0.3 is 0 Å². The number of benzene rings is 1. The van der Waals surface area contributed by atoms with E-state index in [1.54, 1.807) is 0 Å². The van der Waals surface area contributed by atoms with Crippen LogP contribution in [0.15, 0.2) is 30.3 Å². The molecule has 0 radical (unpaired) electrons. The third-order valence-corrected chi connectivity index (χ3v) is 4.57. The third-order valence-electron chi connectivity index (χ3n) is 4.57. The standard InChI is InChI=1S/C21H38N.ClH.H2O2/c1-4-5-6-7-8-9-10-11-12-16-19-22(2,3)20-21-17-14-13-15-18-21;;1-2/h13-15,17-18H,4-12,16,19-20H2,1-3H3;1H;1-2H/q+1;;/p-1. The second-order valence-corrected chi connectivity index (χ2v) is 7.49. The molecule has 25 heavy (non-hydrogen) atoms. The number of halogens is 1. The van der Waals surface area contributed by atoms with Crippen LogP contribution in [0.2, 0.25) is 0 Å². The van der Waals surface area contributed by atoms with E-state index in [9.17, 15) is 0 Å². The molecule has 3 nitrogen and oxygen atoms in total. The summed E-state index contributed by atoms with van der Waals surface area (Å²) in [5.41, 5.74) is 1.46. The monoisotopic (exact) mass is 373 g/mol. The number of quaternary nitrogens is 1. The van der Waals surface area contributed by atoms with Crippen LogP contribution in [0.3, 0.4) is 0 Å². The fourth-order valence-corrected chi connectivity index (χ4v) is 3.18. The zero-order valence-corrected chi connectivity index (χ0v) is 17.3. The van der Waals surface area contributed by atoms with Crippen molar-refractivity contribution in [3.05, 3.63) is 35.9 Å². The smallest absolute Gasteiger partial charge is 0.104 e. The highest BCUT2D eigenvalue weighted by molar-refractivity contribution is 5.13. The van der Waals surface area contributed by atoms with Gasteiger partial charge in [-0.15, -0.1) is 0 Å². The van der Waals surface area contributed by atoms with Gasteiger partial charge in [0.2, 0.25) is 0 Å². The van der Waals surface area contributed by atoms with Crippen LogP contribution in [0.1, 0.15) is 76.7 Å². The maximum atomic E-state index is 6.00. The lowest BCUT2D eigenvalue weighted by atomic mass is 10.1. The summed E-state index contributed by atoms with van der Waals surface area (Å²) >= 11 is 0. The van der Waals surface area contributed by atoms with Crippen molar-refractivity contribution in [3.8, 4) is 0 Å². The van der Waals surface area contributed by atoms with Gasteiger partial charge < -0.3 is 16.9 Å². The molecule has 0 heterocycles. The Bertz CT molecular complexity index is 371. The minimum absolute atomic E-state index is 0. The summed E-state index contributed by atoms with van der Waals surface area (Å²) in [5.74, 6) is 0. The average molecular weight is 374 g/mol. The molecule has 148 valence electrons. The molecular weight excluding hydrogens is 334 g/mol. The van der Waals surface area contributed by atoms with Crippen molar-refractivity contribution >= 4 is 0 Å². The minimum Gasteiger partial charge on any atom is -1.00 e. The molecule has 0 atom stereocenters. The van der Waals surface area contributed by atoms with Crippen LogP contribution in [0, 0.1) is 0 Å². The van der Waals surface area contributed by atoms with E-state index in [2.05, 4.69) is 51.4 Å². The van der Waals surface area contributed by atoms with Crippen molar-refractivity contribution in [3.63, 3.8) is 0 Å².